The normalized spacial score (nSPS) is 17.2. The molecule has 120 valence electrons. The summed E-state index contributed by atoms with van der Waals surface area (Å²) in [7, 11) is 4.29. The topological polar surface area (TPSA) is 10.4 Å². The number of hydrogen-bond acceptors (Lipinski definition) is 2. The highest BCUT2D eigenvalue weighted by molar-refractivity contribution is 5.66. The van der Waals surface area contributed by atoms with E-state index in [4.69, 9.17) is 0 Å². The third-order valence-corrected chi connectivity index (χ3v) is 4.91. The Bertz CT molecular complexity index is 777. The van der Waals surface area contributed by atoms with E-state index in [2.05, 4.69) is 98.9 Å². The van der Waals surface area contributed by atoms with Gasteiger partial charge in [0, 0.05) is 24.4 Å². The number of hydrogen-bond donors (Lipinski definition) is 0. The lowest BCUT2D eigenvalue weighted by Crippen LogP contribution is -2.44. The van der Waals surface area contributed by atoms with Crippen LogP contribution in [-0.4, -0.2) is 18.1 Å². The van der Waals surface area contributed by atoms with E-state index in [1.807, 2.05) is 0 Å². The molecule has 1 aliphatic rings. The Labute approximate surface area is 139 Å². The van der Waals surface area contributed by atoms with Crippen molar-refractivity contribution in [3.8, 4) is 11.3 Å². The fraction of sp³-hybridized carbons (Fsp3) is 0.350. The molecule has 2 heterocycles. The first-order chi connectivity index (χ1) is 10.9. The highest BCUT2D eigenvalue weighted by atomic mass is 15.4. The number of aromatic nitrogens is 1. The smallest absolute Gasteiger partial charge is 0.286 e. The molecule has 3 heteroatoms. The van der Waals surface area contributed by atoms with Gasteiger partial charge < -0.3 is 4.90 Å². The standard InChI is InChI=1S/C20H26N3/c1-14-9-7-8-10-18(14)19-15(2)13-16(3)20(22(19)6)23-12-11-21(5)17(23)4/h7-13,17H,1-6H3/q+1/t17-/m0/s1. The molecule has 0 spiro atoms. The van der Waals surface area contributed by atoms with Gasteiger partial charge in [-0.15, -0.1) is 0 Å². The summed E-state index contributed by atoms with van der Waals surface area (Å²) in [6, 6.07) is 10.9. The molecule has 2 aromatic rings. The summed E-state index contributed by atoms with van der Waals surface area (Å²) in [6.07, 6.45) is 4.63. The Balaban J connectivity index is 2.22. The van der Waals surface area contributed by atoms with Crippen molar-refractivity contribution < 1.29 is 4.57 Å². The molecule has 0 saturated heterocycles. The van der Waals surface area contributed by atoms with Gasteiger partial charge in [-0.05, 0) is 44.9 Å². The SMILES string of the molecule is Cc1ccccc1-c1c(C)cc(C)c(N2C=CN(C)[C@@H]2C)[n+]1C. The molecule has 3 nitrogen and oxygen atoms in total. The third-order valence-electron chi connectivity index (χ3n) is 4.91. The Morgan fingerprint density at radius 2 is 1.65 bits per heavy atom. The summed E-state index contributed by atoms with van der Waals surface area (Å²) in [4.78, 5) is 4.57. The fourth-order valence-electron chi connectivity index (χ4n) is 3.57. The largest absolute Gasteiger partial charge is 0.339 e. The van der Waals surface area contributed by atoms with E-state index in [0.29, 0.717) is 6.17 Å². The molecule has 0 radical (unpaired) electrons. The average molecular weight is 308 g/mol. The summed E-state index contributed by atoms with van der Waals surface area (Å²) in [6.45, 7) is 8.81. The van der Waals surface area contributed by atoms with Crippen molar-refractivity contribution in [3.05, 3.63) is 59.4 Å². The molecule has 0 N–H and O–H groups in total. The predicted molar refractivity (Wildman–Crippen MR) is 96.1 cm³/mol. The summed E-state index contributed by atoms with van der Waals surface area (Å²) < 4.78 is 2.34. The number of pyridine rings is 1. The molecule has 1 aromatic heterocycles. The number of aryl methyl sites for hydroxylation is 3. The van der Waals surface area contributed by atoms with Crippen LogP contribution in [-0.2, 0) is 7.05 Å². The monoisotopic (exact) mass is 308 g/mol. The molecule has 0 bridgehead atoms. The molecule has 3 rings (SSSR count). The van der Waals surface area contributed by atoms with Gasteiger partial charge in [0.15, 0.2) is 6.17 Å². The maximum atomic E-state index is 2.34. The van der Waals surface area contributed by atoms with Crippen molar-refractivity contribution in [3.63, 3.8) is 0 Å². The van der Waals surface area contributed by atoms with E-state index < -0.39 is 0 Å². The van der Waals surface area contributed by atoms with E-state index in [1.165, 1.54) is 33.8 Å². The van der Waals surface area contributed by atoms with Gasteiger partial charge in [-0.3, -0.25) is 0 Å². The van der Waals surface area contributed by atoms with Crippen molar-refractivity contribution in [2.45, 2.75) is 33.9 Å². The maximum absolute atomic E-state index is 2.34. The minimum Gasteiger partial charge on any atom is -0.339 e. The Hall–Kier alpha value is -2.29. The summed E-state index contributed by atoms with van der Waals surface area (Å²) in [5.74, 6) is 1.25. The highest BCUT2D eigenvalue weighted by Gasteiger charge is 2.32. The van der Waals surface area contributed by atoms with Crippen molar-refractivity contribution in [1.29, 1.82) is 0 Å². The van der Waals surface area contributed by atoms with Gasteiger partial charge in [0.05, 0.1) is 7.05 Å². The molecular weight excluding hydrogens is 282 g/mol. The lowest BCUT2D eigenvalue weighted by molar-refractivity contribution is -0.648. The lowest BCUT2D eigenvalue weighted by atomic mass is 10.00. The third kappa shape index (κ3) is 2.50. The number of rotatable bonds is 2. The second-order valence-electron chi connectivity index (χ2n) is 6.56. The van der Waals surface area contributed by atoms with Gasteiger partial charge in [0.1, 0.15) is 11.9 Å². The Kier molecular flexibility index (Phi) is 3.88. The van der Waals surface area contributed by atoms with Crippen LogP contribution in [0.2, 0.25) is 0 Å². The zero-order chi connectivity index (χ0) is 16.7. The molecule has 0 fully saturated rings. The van der Waals surface area contributed by atoms with Gasteiger partial charge >= 0.3 is 0 Å². The molecule has 1 atom stereocenters. The van der Waals surface area contributed by atoms with Crippen LogP contribution >= 0.6 is 0 Å². The zero-order valence-electron chi connectivity index (χ0n) is 15.0. The van der Waals surface area contributed by atoms with Crippen LogP contribution in [0.25, 0.3) is 11.3 Å². The first-order valence-corrected chi connectivity index (χ1v) is 8.16. The zero-order valence-corrected chi connectivity index (χ0v) is 15.0. The number of anilines is 1. The minimum absolute atomic E-state index is 0.326. The Morgan fingerprint density at radius 3 is 2.26 bits per heavy atom. The molecule has 0 aliphatic carbocycles. The minimum atomic E-state index is 0.326. The molecule has 1 aromatic carbocycles. The van der Waals surface area contributed by atoms with Crippen LogP contribution in [0.3, 0.4) is 0 Å². The van der Waals surface area contributed by atoms with E-state index in [9.17, 15) is 0 Å². The number of benzene rings is 1. The van der Waals surface area contributed by atoms with Crippen LogP contribution in [0, 0.1) is 20.8 Å². The van der Waals surface area contributed by atoms with E-state index in [0.717, 1.165) is 0 Å². The fourth-order valence-corrected chi connectivity index (χ4v) is 3.57. The quantitative estimate of drug-likeness (QED) is 0.784. The predicted octanol–water partition coefficient (Wildman–Crippen LogP) is 3.67. The second-order valence-corrected chi connectivity index (χ2v) is 6.56. The lowest BCUT2D eigenvalue weighted by Gasteiger charge is -2.24. The van der Waals surface area contributed by atoms with Crippen LogP contribution in [0.4, 0.5) is 5.82 Å². The van der Waals surface area contributed by atoms with Crippen LogP contribution < -0.4 is 9.47 Å². The first kappa shape index (κ1) is 15.6. The summed E-state index contributed by atoms with van der Waals surface area (Å²) in [5, 5.41) is 0. The van der Waals surface area contributed by atoms with Gasteiger partial charge in [-0.1, -0.05) is 24.3 Å². The number of nitrogens with zero attached hydrogens (tertiary/aromatic N) is 3. The van der Waals surface area contributed by atoms with E-state index in [-0.39, 0.29) is 0 Å². The molecule has 0 saturated carbocycles. The van der Waals surface area contributed by atoms with Gasteiger partial charge in [0.2, 0.25) is 0 Å². The Morgan fingerprint density at radius 1 is 0.957 bits per heavy atom. The van der Waals surface area contributed by atoms with E-state index >= 15 is 0 Å². The van der Waals surface area contributed by atoms with Gasteiger partial charge in [-0.2, -0.15) is 0 Å². The molecular formula is C20H26N3+. The molecule has 23 heavy (non-hydrogen) atoms. The second kappa shape index (κ2) is 5.73. The molecule has 0 amide bonds. The summed E-state index contributed by atoms with van der Waals surface area (Å²) in [5.41, 5.74) is 6.52. The van der Waals surface area contributed by atoms with Gasteiger partial charge in [-0.25, -0.2) is 9.47 Å². The average Bonchev–Trinajstić information content (AvgIpc) is 2.81. The van der Waals surface area contributed by atoms with Crippen LogP contribution in [0.15, 0.2) is 42.7 Å². The van der Waals surface area contributed by atoms with Crippen LogP contribution in [0.1, 0.15) is 23.6 Å². The summed E-state index contributed by atoms with van der Waals surface area (Å²) >= 11 is 0. The molecule has 1 aliphatic heterocycles. The first-order valence-electron chi connectivity index (χ1n) is 8.16. The van der Waals surface area contributed by atoms with Crippen molar-refractivity contribution in [1.82, 2.24) is 4.90 Å². The van der Waals surface area contributed by atoms with Crippen molar-refractivity contribution in [2.75, 3.05) is 11.9 Å². The van der Waals surface area contributed by atoms with Crippen molar-refractivity contribution >= 4 is 5.82 Å². The van der Waals surface area contributed by atoms with Crippen LogP contribution in [0.5, 0.6) is 0 Å². The van der Waals surface area contributed by atoms with Crippen molar-refractivity contribution in [2.24, 2.45) is 7.05 Å². The molecule has 0 unspecified atom stereocenters. The highest BCUT2D eigenvalue weighted by Crippen LogP contribution is 2.30. The van der Waals surface area contributed by atoms with E-state index in [1.54, 1.807) is 0 Å². The maximum Gasteiger partial charge on any atom is 0.286 e. The van der Waals surface area contributed by atoms with Gasteiger partial charge in [0.25, 0.3) is 5.82 Å².